The Morgan fingerprint density at radius 2 is 0.838 bits per heavy atom. The molecule has 4 aromatic heterocycles. The molecule has 0 saturated carbocycles. The quantitative estimate of drug-likeness (QED) is 0.261. The van der Waals surface area contributed by atoms with Crippen molar-refractivity contribution < 1.29 is 0 Å². The molecule has 0 spiro atoms. The Labute approximate surface area is 210 Å². The lowest BCUT2D eigenvalue weighted by atomic mass is 10.00. The number of benzene rings is 5. The first-order valence-electron chi connectivity index (χ1n) is 12.4. The molecule has 9 rings (SSSR count). The third kappa shape index (κ3) is 2.43. The predicted octanol–water partition coefficient (Wildman–Crippen LogP) is 7.47. The fraction of sp³-hybridized carbons (Fsp3) is 0. The summed E-state index contributed by atoms with van der Waals surface area (Å²) < 4.78 is 6.77. The second-order valence-electron chi connectivity index (χ2n) is 9.61. The number of rotatable bonds is 2. The maximum absolute atomic E-state index is 5.05. The number of fused-ring (bicyclic) bond motifs is 10. The van der Waals surface area contributed by atoms with Gasteiger partial charge in [-0.2, -0.15) is 0 Å². The smallest absolute Gasteiger partial charge is 0.223 e. The first-order chi connectivity index (χ1) is 18.3. The van der Waals surface area contributed by atoms with Crippen molar-refractivity contribution in [3.8, 4) is 22.3 Å². The van der Waals surface area contributed by atoms with Gasteiger partial charge in [-0.1, -0.05) is 78.9 Å². The molecule has 37 heavy (non-hydrogen) atoms. The fourth-order valence-corrected chi connectivity index (χ4v) is 5.92. The standard InChI is InChI=1S/C32H19N5/c1-2-8-20(9-3-1)21-14-16-22(17-15-21)23-18-28-30-29(19-23)36-27-13-7-5-11-25(27)34-32(36)37(30)31-33-24-10-4-6-12-26(24)35(28)31/h1-19H. The van der Waals surface area contributed by atoms with Gasteiger partial charge in [0.15, 0.2) is 0 Å². The third-order valence-corrected chi connectivity index (χ3v) is 7.59. The monoisotopic (exact) mass is 473 g/mol. The van der Waals surface area contributed by atoms with Crippen LogP contribution in [0.1, 0.15) is 0 Å². The summed E-state index contributed by atoms with van der Waals surface area (Å²) in [6.45, 7) is 0. The number of imidazole rings is 4. The maximum Gasteiger partial charge on any atom is 0.223 e. The Hall–Kier alpha value is -5.16. The van der Waals surface area contributed by atoms with Crippen LogP contribution in [0.5, 0.6) is 0 Å². The molecular formula is C32H19N5. The van der Waals surface area contributed by atoms with Crippen LogP contribution in [0.25, 0.3) is 72.4 Å². The van der Waals surface area contributed by atoms with E-state index < -0.39 is 0 Å². The zero-order valence-electron chi connectivity index (χ0n) is 19.7. The third-order valence-electron chi connectivity index (χ3n) is 7.59. The van der Waals surface area contributed by atoms with Gasteiger partial charge in [0.2, 0.25) is 11.6 Å². The van der Waals surface area contributed by atoms with Gasteiger partial charge in [0.05, 0.1) is 33.1 Å². The van der Waals surface area contributed by atoms with Crippen LogP contribution < -0.4 is 0 Å². The molecule has 0 aliphatic heterocycles. The number of hydrogen-bond donors (Lipinski definition) is 0. The molecule has 5 heteroatoms. The molecule has 0 fully saturated rings. The molecule has 0 N–H and O–H groups in total. The average molecular weight is 474 g/mol. The highest BCUT2D eigenvalue weighted by Gasteiger charge is 2.24. The second-order valence-corrected chi connectivity index (χ2v) is 9.61. The van der Waals surface area contributed by atoms with Crippen molar-refractivity contribution in [3.05, 3.63) is 115 Å². The van der Waals surface area contributed by atoms with Crippen LogP contribution in [0, 0.1) is 0 Å². The molecule has 0 saturated heterocycles. The van der Waals surface area contributed by atoms with Gasteiger partial charge in [0.25, 0.3) is 0 Å². The Morgan fingerprint density at radius 3 is 1.41 bits per heavy atom. The predicted molar refractivity (Wildman–Crippen MR) is 149 cm³/mol. The lowest BCUT2D eigenvalue weighted by Gasteiger charge is -2.07. The SMILES string of the molecule is c1ccc(-c2ccc(-c3cc4c5c(c3)n3c6ccccc6nc3n5c3nc5ccccc5n43)cc2)cc1. The zero-order valence-corrected chi connectivity index (χ0v) is 19.7. The average Bonchev–Trinajstić information content (AvgIpc) is 3.68. The van der Waals surface area contributed by atoms with Crippen LogP contribution in [-0.2, 0) is 0 Å². The van der Waals surface area contributed by atoms with Crippen LogP contribution in [0.15, 0.2) is 115 Å². The minimum absolute atomic E-state index is 0.892. The summed E-state index contributed by atoms with van der Waals surface area (Å²) in [6.07, 6.45) is 0. The molecule has 0 atom stereocenters. The summed E-state index contributed by atoms with van der Waals surface area (Å²) >= 11 is 0. The Morgan fingerprint density at radius 1 is 0.378 bits per heavy atom. The first-order valence-corrected chi connectivity index (χ1v) is 12.4. The van der Waals surface area contributed by atoms with Crippen molar-refractivity contribution in [1.82, 2.24) is 23.2 Å². The molecule has 0 bridgehead atoms. The molecule has 9 aromatic rings. The van der Waals surface area contributed by atoms with Crippen molar-refractivity contribution in [2.24, 2.45) is 0 Å². The van der Waals surface area contributed by atoms with Crippen LogP contribution >= 0.6 is 0 Å². The van der Waals surface area contributed by atoms with E-state index in [4.69, 9.17) is 9.97 Å². The van der Waals surface area contributed by atoms with Crippen molar-refractivity contribution >= 4 is 50.2 Å². The summed E-state index contributed by atoms with van der Waals surface area (Å²) in [6, 6.07) is 40.6. The summed E-state index contributed by atoms with van der Waals surface area (Å²) in [4.78, 5) is 10.1. The molecule has 4 heterocycles. The molecule has 0 aliphatic carbocycles. The lowest BCUT2D eigenvalue weighted by Crippen LogP contribution is -1.88. The van der Waals surface area contributed by atoms with Crippen molar-refractivity contribution in [2.75, 3.05) is 0 Å². The van der Waals surface area contributed by atoms with Gasteiger partial charge in [-0.05, 0) is 58.7 Å². The van der Waals surface area contributed by atoms with Crippen LogP contribution in [0.3, 0.4) is 0 Å². The molecule has 0 aliphatic rings. The van der Waals surface area contributed by atoms with Gasteiger partial charge in [-0.25, -0.2) is 14.4 Å². The van der Waals surface area contributed by atoms with E-state index in [1.54, 1.807) is 0 Å². The van der Waals surface area contributed by atoms with E-state index in [9.17, 15) is 0 Å². The molecule has 0 amide bonds. The lowest BCUT2D eigenvalue weighted by molar-refractivity contribution is 1.15. The van der Waals surface area contributed by atoms with Crippen molar-refractivity contribution in [2.45, 2.75) is 0 Å². The fourth-order valence-electron chi connectivity index (χ4n) is 5.92. The van der Waals surface area contributed by atoms with E-state index in [1.165, 1.54) is 22.3 Å². The van der Waals surface area contributed by atoms with Gasteiger partial charge in [-0.3, -0.25) is 8.80 Å². The molecule has 0 unspecified atom stereocenters. The topological polar surface area (TPSA) is 39.0 Å². The second kappa shape index (κ2) is 6.74. The van der Waals surface area contributed by atoms with Crippen molar-refractivity contribution in [1.29, 1.82) is 0 Å². The van der Waals surface area contributed by atoms with E-state index in [2.05, 4.69) is 116 Å². The molecule has 0 radical (unpaired) electrons. The largest absolute Gasteiger partial charge is 0.276 e. The van der Waals surface area contributed by atoms with Gasteiger partial charge < -0.3 is 0 Å². The van der Waals surface area contributed by atoms with Gasteiger partial charge in [0.1, 0.15) is 5.52 Å². The normalized spacial score (nSPS) is 12.3. The highest BCUT2D eigenvalue weighted by atomic mass is 15.3. The summed E-state index contributed by atoms with van der Waals surface area (Å²) in [5, 5.41) is 0. The van der Waals surface area contributed by atoms with E-state index in [0.29, 0.717) is 0 Å². The summed E-state index contributed by atoms with van der Waals surface area (Å²) in [5.41, 5.74) is 12.4. The maximum atomic E-state index is 5.05. The molecule has 5 aromatic carbocycles. The highest BCUT2D eigenvalue weighted by molar-refractivity contribution is 6.06. The van der Waals surface area contributed by atoms with E-state index in [-0.39, 0.29) is 0 Å². The first kappa shape index (κ1) is 19.1. The van der Waals surface area contributed by atoms with Gasteiger partial charge in [0, 0.05) is 0 Å². The molecule has 172 valence electrons. The Bertz CT molecular complexity index is 2160. The van der Waals surface area contributed by atoms with E-state index in [0.717, 1.165) is 50.2 Å². The molecule has 5 nitrogen and oxygen atoms in total. The van der Waals surface area contributed by atoms with Gasteiger partial charge in [-0.15, -0.1) is 0 Å². The molecular weight excluding hydrogens is 454 g/mol. The van der Waals surface area contributed by atoms with Crippen LogP contribution in [0.4, 0.5) is 0 Å². The van der Waals surface area contributed by atoms with E-state index >= 15 is 0 Å². The number of nitrogens with zero attached hydrogens (tertiary/aromatic N) is 5. The Balaban J connectivity index is 1.41. The minimum Gasteiger partial charge on any atom is -0.276 e. The minimum atomic E-state index is 0.892. The zero-order chi connectivity index (χ0) is 24.1. The Kier molecular flexibility index (Phi) is 3.47. The number of para-hydroxylation sites is 4. The van der Waals surface area contributed by atoms with Crippen molar-refractivity contribution in [3.63, 3.8) is 0 Å². The van der Waals surface area contributed by atoms with Crippen LogP contribution in [0.2, 0.25) is 0 Å². The van der Waals surface area contributed by atoms with E-state index in [1.807, 2.05) is 12.1 Å². The van der Waals surface area contributed by atoms with Gasteiger partial charge >= 0.3 is 0 Å². The summed E-state index contributed by atoms with van der Waals surface area (Å²) in [5.74, 6) is 1.78. The highest BCUT2D eigenvalue weighted by Crippen LogP contribution is 2.37. The summed E-state index contributed by atoms with van der Waals surface area (Å²) in [7, 11) is 0. The van der Waals surface area contributed by atoms with Crippen LogP contribution in [-0.4, -0.2) is 23.2 Å². The number of aromatic nitrogens is 5. The number of hydrogen-bond acceptors (Lipinski definition) is 2.